The number of benzene rings is 2. The molecule has 142 valence electrons. The maximum Gasteiger partial charge on any atom is 0.325 e. The molecule has 0 saturated carbocycles. The molecule has 0 bridgehead atoms. The summed E-state index contributed by atoms with van der Waals surface area (Å²) in [6, 6.07) is 15.4. The van der Waals surface area contributed by atoms with Crippen molar-refractivity contribution in [3.8, 4) is 0 Å². The van der Waals surface area contributed by atoms with Gasteiger partial charge in [0.1, 0.15) is 6.04 Å². The molecule has 0 radical (unpaired) electrons. The van der Waals surface area contributed by atoms with Crippen LogP contribution in [0.15, 0.2) is 54.7 Å². The summed E-state index contributed by atoms with van der Waals surface area (Å²) in [5.41, 5.74) is 2.85. The first-order valence-electron chi connectivity index (χ1n) is 9.59. The van der Waals surface area contributed by atoms with Crippen LogP contribution in [0.3, 0.4) is 0 Å². The number of para-hydroxylation sites is 2. The summed E-state index contributed by atoms with van der Waals surface area (Å²) in [4.78, 5) is 22.4. The smallest absolute Gasteiger partial charge is 0.325 e. The zero-order valence-electron chi connectivity index (χ0n) is 15.3. The minimum Gasteiger partial charge on any atom is -0.480 e. The number of aromatic nitrogens is 2. The Bertz CT molecular complexity index is 1120. The number of carbonyl (C=O) groups is 1. The van der Waals surface area contributed by atoms with E-state index in [1.807, 2.05) is 48.7 Å². The number of rotatable bonds is 4. The molecule has 2 N–H and O–H groups in total. The predicted molar refractivity (Wildman–Crippen MR) is 112 cm³/mol. The summed E-state index contributed by atoms with van der Waals surface area (Å²) in [7, 11) is 0. The van der Waals surface area contributed by atoms with Gasteiger partial charge in [0.25, 0.3) is 0 Å². The minimum atomic E-state index is -0.797. The number of aromatic amines is 1. The van der Waals surface area contributed by atoms with Crippen molar-refractivity contribution in [1.29, 1.82) is 0 Å². The highest BCUT2D eigenvalue weighted by atomic mass is 32.1. The summed E-state index contributed by atoms with van der Waals surface area (Å²) >= 11 is 1.73. The number of thiazole rings is 1. The van der Waals surface area contributed by atoms with Crippen LogP contribution in [0.1, 0.15) is 35.4 Å². The molecule has 1 saturated heterocycles. The Morgan fingerprint density at radius 1 is 1.21 bits per heavy atom. The van der Waals surface area contributed by atoms with Gasteiger partial charge in [-0.2, -0.15) is 0 Å². The number of hydrogen-bond acceptors (Lipinski definition) is 4. The summed E-state index contributed by atoms with van der Waals surface area (Å²) < 4.78 is 1.20. The molecule has 1 fully saturated rings. The highest BCUT2D eigenvalue weighted by Crippen LogP contribution is 2.37. The first kappa shape index (κ1) is 17.4. The van der Waals surface area contributed by atoms with Crippen molar-refractivity contribution >= 4 is 38.4 Å². The number of H-pyrrole nitrogens is 1. The lowest BCUT2D eigenvalue weighted by atomic mass is 9.95. The van der Waals surface area contributed by atoms with Crippen molar-refractivity contribution in [1.82, 2.24) is 14.9 Å². The third-order valence-electron chi connectivity index (χ3n) is 5.63. The van der Waals surface area contributed by atoms with Crippen molar-refractivity contribution < 1.29 is 9.90 Å². The molecule has 1 aliphatic rings. The molecule has 2 atom stereocenters. The van der Waals surface area contributed by atoms with E-state index in [9.17, 15) is 9.90 Å². The molecule has 0 amide bonds. The van der Waals surface area contributed by atoms with Crippen molar-refractivity contribution in [2.75, 3.05) is 13.1 Å². The first-order chi connectivity index (χ1) is 13.7. The molecular formula is C22H21N3O2S. The molecule has 5 rings (SSSR count). The predicted octanol–water partition coefficient (Wildman–Crippen LogP) is 4.78. The molecule has 0 unspecified atom stereocenters. The quantitative estimate of drug-likeness (QED) is 0.525. The van der Waals surface area contributed by atoms with Gasteiger partial charge in [-0.15, -0.1) is 11.3 Å². The second-order valence-electron chi connectivity index (χ2n) is 7.38. The van der Waals surface area contributed by atoms with E-state index in [0.717, 1.165) is 52.9 Å². The van der Waals surface area contributed by atoms with Gasteiger partial charge >= 0.3 is 5.97 Å². The Kier molecular flexibility index (Phi) is 4.37. The van der Waals surface area contributed by atoms with Gasteiger partial charge in [-0.05, 0) is 37.6 Å². The topological polar surface area (TPSA) is 69.2 Å². The number of piperidine rings is 1. The van der Waals surface area contributed by atoms with E-state index in [4.69, 9.17) is 4.98 Å². The maximum atomic E-state index is 12.3. The molecule has 2 aromatic carbocycles. The fourth-order valence-corrected chi connectivity index (χ4v) is 5.41. The van der Waals surface area contributed by atoms with Crippen LogP contribution in [-0.4, -0.2) is 39.0 Å². The Hall–Kier alpha value is -2.70. The Balaban J connectivity index is 1.47. The second-order valence-corrected chi connectivity index (χ2v) is 8.45. The molecule has 5 nitrogen and oxygen atoms in total. The van der Waals surface area contributed by atoms with E-state index >= 15 is 0 Å². The van der Waals surface area contributed by atoms with Gasteiger partial charge in [-0.3, -0.25) is 9.69 Å². The highest BCUT2D eigenvalue weighted by molar-refractivity contribution is 7.18. The number of likely N-dealkylation sites (tertiary alicyclic amines) is 1. The lowest BCUT2D eigenvalue weighted by molar-refractivity contribution is -0.144. The summed E-state index contributed by atoms with van der Waals surface area (Å²) in [6.45, 7) is 1.51. The SMILES string of the molecule is O=C(O)[C@@H](c1c[nH]c2ccccc12)N1CCC[C@@H](c2nc3ccccc3s2)C1. The third-order valence-corrected chi connectivity index (χ3v) is 6.83. The number of aliphatic carboxylic acids is 1. The first-order valence-corrected chi connectivity index (χ1v) is 10.4. The summed E-state index contributed by atoms with van der Waals surface area (Å²) in [5, 5.41) is 12.2. The van der Waals surface area contributed by atoms with Gasteiger partial charge in [0, 0.05) is 35.1 Å². The van der Waals surface area contributed by atoms with Crippen LogP contribution in [-0.2, 0) is 4.79 Å². The average Bonchev–Trinajstić information content (AvgIpc) is 3.33. The van der Waals surface area contributed by atoms with Gasteiger partial charge in [0.05, 0.1) is 15.2 Å². The fourth-order valence-electron chi connectivity index (χ4n) is 4.31. The molecule has 4 aromatic rings. The normalized spacial score (nSPS) is 19.2. The molecule has 2 aromatic heterocycles. The van der Waals surface area contributed by atoms with Crippen LogP contribution < -0.4 is 0 Å². The third kappa shape index (κ3) is 2.99. The molecule has 0 aliphatic carbocycles. The number of nitrogens with one attached hydrogen (secondary N) is 1. The van der Waals surface area contributed by atoms with Crippen molar-refractivity contribution in [3.05, 3.63) is 65.3 Å². The summed E-state index contributed by atoms with van der Waals surface area (Å²) in [6.07, 6.45) is 3.88. The lowest BCUT2D eigenvalue weighted by Gasteiger charge is -2.35. The minimum absolute atomic E-state index is 0.276. The number of fused-ring (bicyclic) bond motifs is 2. The van der Waals surface area contributed by atoms with E-state index in [2.05, 4.69) is 16.0 Å². The number of carboxylic acids is 1. The molecule has 28 heavy (non-hydrogen) atoms. The van der Waals surface area contributed by atoms with Crippen LogP contribution in [0.4, 0.5) is 0 Å². The largest absolute Gasteiger partial charge is 0.480 e. The van der Waals surface area contributed by atoms with Crippen molar-refractivity contribution in [3.63, 3.8) is 0 Å². The zero-order chi connectivity index (χ0) is 19.1. The van der Waals surface area contributed by atoms with Crippen LogP contribution in [0, 0.1) is 0 Å². The number of carboxylic acid groups (broad SMARTS) is 1. The summed E-state index contributed by atoms with van der Waals surface area (Å²) in [5.74, 6) is -0.520. The van der Waals surface area contributed by atoms with Crippen molar-refractivity contribution in [2.45, 2.75) is 24.8 Å². The van der Waals surface area contributed by atoms with E-state index in [0.29, 0.717) is 0 Å². The monoisotopic (exact) mass is 391 g/mol. The van der Waals surface area contributed by atoms with Gasteiger partial charge < -0.3 is 10.1 Å². The molecular weight excluding hydrogens is 370 g/mol. The van der Waals surface area contributed by atoms with Gasteiger partial charge in [0.15, 0.2) is 0 Å². The average molecular weight is 391 g/mol. The van der Waals surface area contributed by atoms with Gasteiger partial charge in [-0.1, -0.05) is 30.3 Å². The highest BCUT2D eigenvalue weighted by Gasteiger charge is 2.34. The van der Waals surface area contributed by atoms with E-state index in [1.54, 1.807) is 11.3 Å². The van der Waals surface area contributed by atoms with E-state index < -0.39 is 12.0 Å². The Labute approximate surface area is 166 Å². The fraction of sp³-hybridized carbons (Fsp3) is 0.273. The van der Waals surface area contributed by atoms with E-state index in [-0.39, 0.29) is 5.92 Å². The van der Waals surface area contributed by atoms with Crippen LogP contribution in [0.5, 0.6) is 0 Å². The van der Waals surface area contributed by atoms with E-state index in [1.165, 1.54) is 4.70 Å². The van der Waals surface area contributed by atoms with Crippen LogP contribution in [0.25, 0.3) is 21.1 Å². The number of nitrogens with zero attached hydrogens (tertiary/aromatic N) is 2. The van der Waals surface area contributed by atoms with Gasteiger partial charge in [0.2, 0.25) is 0 Å². The second kappa shape index (κ2) is 7.04. The standard InChI is InChI=1S/C22H21N3O2S/c26-22(27)20(16-12-23-17-8-2-1-7-15(16)17)25-11-5-6-14(13-25)21-24-18-9-3-4-10-19(18)28-21/h1-4,7-10,12,14,20,23H,5-6,11,13H2,(H,26,27)/t14-,20-/m1/s1. The Morgan fingerprint density at radius 2 is 2.04 bits per heavy atom. The number of hydrogen-bond donors (Lipinski definition) is 2. The van der Waals surface area contributed by atoms with Gasteiger partial charge in [-0.25, -0.2) is 4.98 Å². The Morgan fingerprint density at radius 3 is 2.89 bits per heavy atom. The lowest BCUT2D eigenvalue weighted by Crippen LogP contribution is -2.40. The van der Waals surface area contributed by atoms with Crippen molar-refractivity contribution in [2.24, 2.45) is 0 Å². The molecule has 0 spiro atoms. The molecule has 6 heteroatoms. The zero-order valence-corrected chi connectivity index (χ0v) is 16.2. The van der Waals surface area contributed by atoms with Crippen LogP contribution in [0.2, 0.25) is 0 Å². The maximum absolute atomic E-state index is 12.3. The van der Waals surface area contributed by atoms with Crippen LogP contribution >= 0.6 is 11.3 Å². The molecule has 1 aliphatic heterocycles. The molecule has 3 heterocycles.